The highest BCUT2D eigenvalue weighted by Gasteiger charge is 2.24. The third-order valence-corrected chi connectivity index (χ3v) is 5.63. The minimum absolute atomic E-state index is 0.0431. The molecular weight excluding hydrogens is 288 g/mol. The second-order valence-electron chi connectivity index (χ2n) is 5.61. The molecule has 1 aromatic rings. The second kappa shape index (κ2) is 6.77. The zero-order chi connectivity index (χ0) is 15.5. The van der Waals surface area contributed by atoms with E-state index in [1.54, 1.807) is 33.1 Å². The Hall–Kier alpha value is -1.11. The predicted molar refractivity (Wildman–Crippen MR) is 83.3 cm³/mol. The van der Waals surface area contributed by atoms with E-state index in [0.717, 1.165) is 25.8 Å². The van der Waals surface area contributed by atoms with Crippen molar-refractivity contribution in [1.29, 1.82) is 0 Å². The van der Waals surface area contributed by atoms with Crippen LogP contribution in [0.2, 0.25) is 0 Å². The number of ether oxygens (including phenoxy) is 1. The summed E-state index contributed by atoms with van der Waals surface area (Å²) in [5.74, 6) is 0.681. The van der Waals surface area contributed by atoms with Crippen LogP contribution in [0.3, 0.4) is 0 Å². The highest BCUT2D eigenvalue weighted by molar-refractivity contribution is 7.89. The van der Waals surface area contributed by atoms with E-state index in [9.17, 15) is 8.42 Å². The summed E-state index contributed by atoms with van der Waals surface area (Å²) < 4.78 is 33.4. The fourth-order valence-electron chi connectivity index (χ4n) is 2.85. The van der Waals surface area contributed by atoms with Crippen molar-refractivity contribution >= 4 is 10.0 Å². The summed E-state index contributed by atoms with van der Waals surface area (Å²) in [6.07, 6.45) is 3.01. The number of nitrogens with one attached hydrogen (secondary N) is 2. The van der Waals surface area contributed by atoms with Gasteiger partial charge in [0.25, 0.3) is 0 Å². The number of rotatable bonds is 4. The van der Waals surface area contributed by atoms with Gasteiger partial charge >= 0.3 is 0 Å². The lowest BCUT2D eigenvalue weighted by Gasteiger charge is -2.19. The first-order valence-electron chi connectivity index (χ1n) is 7.32. The van der Waals surface area contributed by atoms with Crippen LogP contribution in [0.4, 0.5) is 0 Å². The van der Waals surface area contributed by atoms with Crippen molar-refractivity contribution < 1.29 is 13.2 Å². The minimum Gasteiger partial charge on any atom is -0.497 e. The van der Waals surface area contributed by atoms with E-state index in [2.05, 4.69) is 10.0 Å². The topological polar surface area (TPSA) is 67.4 Å². The van der Waals surface area contributed by atoms with E-state index >= 15 is 0 Å². The molecule has 0 saturated carbocycles. The molecule has 0 radical (unpaired) electrons. The van der Waals surface area contributed by atoms with E-state index in [-0.39, 0.29) is 6.04 Å². The van der Waals surface area contributed by atoms with Crippen molar-refractivity contribution in [2.45, 2.75) is 44.0 Å². The van der Waals surface area contributed by atoms with Gasteiger partial charge < -0.3 is 10.1 Å². The first kappa shape index (κ1) is 16.3. The van der Waals surface area contributed by atoms with Crippen LogP contribution in [0.1, 0.15) is 30.4 Å². The van der Waals surface area contributed by atoms with Gasteiger partial charge in [-0.05, 0) is 56.5 Å². The van der Waals surface area contributed by atoms with Crippen molar-refractivity contribution in [2.75, 3.05) is 20.2 Å². The van der Waals surface area contributed by atoms with Gasteiger partial charge in [0.15, 0.2) is 0 Å². The van der Waals surface area contributed by atoms with Gasteiger partial charge in [0.2, 0.25) is 10.0 Å². The maximum atomic E-state index is 12.7. The van der Waals surface area contributed by atoms with E-state index in [1.807, 2.05) is 0 Å². The van der Waals surface area contributed by atoms with Crippen molar-refractivity contribution in [3.8, 4) is 5.75 Å². The lowest BCUT2D eigenvalue weighted by molar-refractivity contribution is 0.413. The molecule has 0 amide bonds. The van der Waals surface area contributed by atoms with Gasteiger partial charge in [-0.1, -0.05) is 6.42 Å². The Kier molecular flexibility index (Phi) is 5.24. The van der Waals surface area contributed by atoms with Gasteiger partial charge in [-0.2, -0.15) is 0 Å². The standard InChI is InChI=1S/C15H24N2O3S/c1-11-8-14(20-3)9-12(2)15(11)21(18,19)17-13-6-4-5-7-16-10-13/h8-9,13,16-17H,4-7,10H2,1-3H3. The summed E-state index contributed by atoms with van der Waals surface area (Å²) in [4.78, 5) is 0.368. The Morgan fingerprint density at radius 3 is 2.52 bits per heavy atom. The number of benzene rings is 1. The van der Waals surface area contributed by atoms with Gasteiger partial charge in [0, 0.05) is 12.6 Å². The van der Waals surface area contributed by atoms with Crippen LogP contribution >= 0.6 is 0 Å². The summed E-state index contributed by atoms with van der Waals surface area (Å²) in [5, 5.41) is 3.27. The average Bonchev–Trinajstić information content (AvgIpc) is 2.65. The smallest absolute Gasteiger partial charge is 0.241 e. The first-order valence-corrected chi connectivity index (χ1v) is 8.80. The lowest BCUT2D eigenvalue weighted by Crippen LogP contribution is -2.41. The van der Waals surface area contributed by atoms with Gasteiger partial charge in [-0.15, -0.1) is 0 Å². The number of hydrogen-bond donors (Lipinski definition) is 2. The van der Waals surface area contributed by atoms with Crippen LogP contribution in [0, 0.1) is 13.8 Å². The molecule has 1 heterocycles. The molecule has 1 atom stereocenters. The minimum atomic E-state index is -3.51. The molecule has 118 valence electrons. The third kappa shape index (κ3) is 3.96. The third-order valence-electron chi connectivity index (χ3n) is 3.81. The fraction of sp³-hybridized carbons (Fsp3) is 0.600. The molecule has 0 bridgehead atoms. The molecule has 1 saturated heterocycles. The Bertz CT molecular complexity index is 568. The number of aryl methyl sites for hydroxylation is 2. The van der Waals surface area contributed by atoms with E-state index in [0.29, 0.717) is 28.3 Å². The second-order valence-corrected chi connectivity index (χ2v) is 7.26. The molecule has 2 N–H and O–H groups in total. The number of methoxy groups -OCH3 is 1. The van der Waals surface area contributed by atoms with Crippen LogP contribution in [-0.4, -0.2) is 34.7 Å². The molecular formula is C15H24N2O3S. The van der Waals surface area contributed by atoms with Gasteiger partial charge in [0.1, 0.15) is 5.75 Å². The van der Waals surface area contributed by atoms with Crippen molar-refractivity contribution in [3.63, 3.8) is 0 Å². The van der Waals surface area contributed by atoms with Gasteiger partial charge in [-0.3, -0.25) is 0 Å². The average molecular weight is 312 g/mol. The molecule has 1 aromatic carbocycles. The number of sulfonamides is 1. The Morgan fingerprint density at radius 2 is 1.90 bits per heavy atom. The quantitative estimate of drug-likeness (QED) is 0.888. The van der Waals surface area contributed by atoms with Crippen molar-refractivity contribution in [2.24, 2.45) is 0 Å². The Morgan fingerprint density at radius 1 is 1.24 bits per heavy atom. The van der Waals surface area contributed by atoms with E-state index in [4.69, 9.17) is 4.74 Å². The first-order chi connectivity index (χ1) is 9.94. The molecule has 1 unspecified atom stereocenters. The maximum absolute atomic E-state index is 12.7. The molecule has 2 rings (SSSR count). The molecule has 1 fully saturated rings. The molecule has 5 nitrogen and oxygen atoms in total. The monoisotopic (exact) mass is 312 g/mol. The summed E-state index contributed by atoms with van der Waals surface area (Å²) in [5.41, 5.74) is 1.42. The molecule has 6 heteroatoms. The highest BCUT2D eigenvalue weighted by Crippen LogP contribution is 2.26. The summed E-state index contributed by atoms with van der Waals surface area (Å²) in [6.45, 7) is 5.25. The lowest BCUT2D eigenvalue weighted by atomic mass is 10.1. The molecule has 1 aliphatic heterocycles. The molecule has 0 spiro atoms. The zero-order valence-corrected chi connectivity index (χ0v) is 13.7. The maximum Gasteiger partial charge on any atom is 0.241 e. The summed E-state index contributed by atoms with van der Waals surface area (Å²) in [7, 11) is -1.93. The summed E-state index contributed by atoms with van der Waals surface area (Å²) >= 11 is 0. The van der Waals surface area contributed by atoms with Gasteiger partial charge in [0.05, 0.1) is 12.0 Å². The molecule has 21 heavy (non-hydrogen) atoms. The fourth-order valence-corrected chi connectivity index (χ4v) is 4.57. The van der Waals surface area contributed by atoms with E-state index in [1.165, 1.54) is 0 Å². The van der Waals surface area contributed by atoms with Crippen LogP contribution in [-0.2, 0) is 10.0 Å². The Labute approximate surface area is 127 Å². The predicted octanol–water partition coefficient (Wildman–Crippen LogP) is 1.73. The summed E-state index contributed by atoms with van der Waals surface area (Å²) in [6, 6.07) is 3.47. The van der Waals surface area contributed by atoms with Gasteiger partial charge in [-0.25, -0.2) is 13.1 Å². The molecule has 0 aliphatic carbocycles. The normalized spacial score (nSPS) is 20.0. The zero-order valence-electron chi connectivity index (χ0n) is 12.9. The van der Waals surface area contributed by atoms with Crippen molar-refractivity contribution in [1.82, 2.24) is 10.0 Å². The highest BCUT2D eigenvalue weighted by atomic mass is 32.2. The van der Waals surface area contributed by atoms with E-state index < -0.39 is 10.0 Å². The van der Waals surface area contributed by atoms with Crippen LogP contribution in [0.25, 0.3) is 0 Å². The van der Waals surface area contributed by atoms with Crippen molar-refractivity contribution in [3.05, 3.63) is 23.3 Å². The molecule has 0 aromatic heterocycles. The van der Waals surface area contributed by atoms with Crippen LogP contribution in [0.15, 0.2) is 17.0 Å². The van der Waals surface area contributed by atoms with Crippen LogP contribution < -0.4 is 14.8 Å². The largest absolute Gasteiger partial charge is 0.497 e. The number of hydrogen-bond acceptors (Lipinski definition) is 4. The SMILES string of the molecule is COc1cc(C)c(S(=O)(=O)NC2CCCCNC2)c(C)c1. The Balaban J connectivity index is 2.26. The molecule has 1 aliphatic rings. The van der Waals surface area contributed by atoms with Crippen LogP contribution in [0.5, 0.6) is 5.75 Å².